The van der Waals surface area contributed by atoms with Crippen molar-refractivity contribution in [2.45, 2.75) is 39.3 Å². The van der Waals surface area contributed by atoms with E-state index in [0.717, 1.165) is 4.57 Å². The Hall–Kier alpha value is -2.57. The summed E-state index contributed by atoms with van der Waals surface area (Å²) < 4.78 is 11.3. The second-order valence-electron chi connectivity index (χ2n) is 6.20. The minimum absolute atomic E-state index is 0.213. The molecule has 7 nitrogen and oxygen atoms in total. The minimum Gasteiger partial charge on any atom is -0.496 e. The van der Waals surface area contributed by atoms with Crippen LogP contribution in [0, 0.1) is 0 Å². The van der Waals surface area contributed by atoms with Crippen LogP contribution in [-0.4, -0.2) is 28.2 Å². The van der Waals surface area contributed by atoms with Crippen molar-refractivity contribution in [1.29, 1.82) is 0 Å². The van der Waals surface area contributed by atoms with Gasteiger partial charge in [-0.1, -0.05) is 6.07 Å². The molecule has 0 aliphatic heterocycles. The Morgan fingerprint density at radius 1 is 1.26 bits per heavy atom. The maximum atomic E-state index is 12.7. The number of esters is 1. The van der Waals surface area contributed by atoms with Crippen LogP contribution in [0.15, 0.2) is 27.8 Å². The Morgan fingerprint density at radius 2 is 1.91 bits per heavy atom. The molecule has 7 heteroatoms. The molecule has 0 bridgehead atoms. The van der Waals surface area contributed by atoms with E-state index >= 15 is 0 Å². The standard InChI is InChI=1S/C16H20N2O5/c1-9(14(20)23-16(2,3)4)18-13(19)12-10(17-15(18)21)7-6-8-11(12)22-5/h6-9H,1-5H3,(H,17,21). The zero-order valence-corrected chi connectivity index (χ0v) is 13.8. The molecule has 0 saturated carbocycles. The molecular formula is C16H20N2O5. The summed E-state index contributed by atoms with van der Waals surface area (Å²) in [6.07, 6.45) is 0. The van der Waals surface area contributed by atoms with Crippen LogP contribution in [0.3, 0.4) is 0 Å². The normalized spacial score (nSPS) is 12.9. The molecule has 0 fully saturated rings. The summed E-state index contributed by atoms with van der Waals surface area (Å²) in [7, 11) is 1.43. The van der Waals surface area contributed by atoms with Gasteiger partial charge in [0.25, 0.3) is 5.56 Å². The van der Waals surface area contributed by atoms with Gasteiger partial charge in [-0.2, -0.15) is 0 Å². The highest BCUT2D eigenvalue weighted by Gasteiger charge is 2.26. The first kappa shape index (κ1) is 16.8. The molecule has 1 heterocycles. The van der Waals surface area contributed by atoms with Crippen molar-refractivity contribution in [1.82, 2.24) is 9.55 Å². The number of nitrogens with zero attached hydrogens (tertiary/aromatic N) is 1. The largest absolute Gasteiger partial charge is 0.496 e. The van der Waals surface area contributed by atoms with E-state index in [1.54, 1.807) is 39.0 Å². The summed E-state index contributed by atoms with van der Waals surface area (Å²) in [6, 6.07) is 3.83. The minimum atomic E-state index is -1.06. The van der Waals surface area contributed by atoms with Gasteiger partial charge in [0.15, 0.2) is 0 Å². The van der Waals surface area contributed by atoms with E-state index in [-0.39, 0.29) is 5.39 Å². The highest BCUT2D eigenvalue weighted by Crippen LogP contribution is 2.20. The fourth-order valence-corrected chi connectivity index (χ4v) is 2.26. The molecule has 1 aromatic carbocycles. The summed E-state index contributed by atoms with van der Waals surface area (Å²) >= 11 is 0. The Labute approximate surface area is 132 Å². The van der Waals surface area contributed by atoms with Gasteiger partial charge in [0, 0.05) is 0 Å². The number of hydrogen-bond acceptors (Lipinski definition) is 5. The van der Waals surface area contributed by atoms with Gasteiger partial charge in [-0.25, -0.2) is 14.2 Å². The number of H-pyrrole nitrogens is 1. The van der Waals surface area contributed by atoms with Crippen LogP contribution in [-0.2, 0) is 9.53 Å². The van der Waals surface area contributed by atoms with Gasteiger partial charge < -0.3 is 14.5 Å². The van der Waals surface area contributed by atoms with Crippen molar-refractivity contribution in [2.24, 2.45) is 0 Å². The van der Waals surface area contributed by atoms with Crippen LogP contribution in [0.4, 0.5) is 0 Å². The third-order valence-electron chi connectivity index (χ3n) is 3.27. The molecule has 2 aromatic rings. The topological polar surface area (TPSA) is 90.4 Å². The number of nitrogens with one attached hydrogen (secondary N) is 1. The number of aromatic nitrogens is 2. The van der Waals surface area contributed by atoms with E-state index in [9.17, 15) is 14.4 Å². The van der Waals surface area contributed by atoms with E-state index in [1.165, 1.54) is 14.0 Å². The van der Waals surface area contributed by atoms with Crippen molar-refractivity contribution < 1.29 is 14.3 Å². The van der Waals surface area contributed by atoms with Gasteiger partial charge >= 0.3 is 11.7 Å². The molecule has 124 valence electrons. The van der Waals surface area contributed by atoms with E-state index in [1.807, 2.05) is 0 Å². The average Bonchev–Trinajstić information content (AvgIpc) is 2.44. The Bertz CT molecular complexity index is 857. The fraction of sp³-hybridized carbons (Fsp3) is 0.438. The third-order valence-corrected chi connectivity index (χ3v) is 3.27. The van der Waals surface area contributed by atoms with Crippen molar-refractivity contribution in [3.63, 3.8) is 0 Å². The summed E-state index contributed by atoms with van der Waals surface area (Å²) in [5.74, 6) is -0.326. The van der Waals surface area contributed by atoms with E-state index in [2.05, 4.69) is 4.98 Å². The van der Waals surface area contributed by atoms with Gasteiger partial charge in [0.1, 0.15) is 22.8 Å². The van der Waals surface area contributed by atoms with Crippen LogP contribution < -0.4 is 16.0 Å². The number of carbonyl (C=O) groups is 1. The number of benzene rings is 1. The average molecular weight is 320 g/mol. The van der Waals surface area contributed by atoms with E-state index in [0.29, 0.717) is 11.3 Å². The second-order valence-corrected chi connectivity index (χ2v) is 6.20. The molecule has 1 unspecified atom stereocenters. The second kappa shape index (κ2) is 5.91. The highest BCUT2D eigenvalue weighted by molar-refractivity contribution is 5.84. The molecule has 0 spiro atoms. The van der Waals surface area contributed by atoms with Gasteiger partial charge in [0.2, 0.25) is 0 Å². The van der Waals surface area contributed by atoms with Crippen LogP contribution in [0.2, 0.25) is 0 Å². The number of fused-ring (bicyclic) bond motifs is 1. The van der Waals surface area contributed by atoms with Gasteiger partial charge in [-0.05, 0) is 39.8 Å². The van der Waals surface area contributed by atoms with Crippen LogP contribution in [0.25, 0.3) is 10.9 Å². The quantitative estimate of drug-likeness (QED) is 0.868. The van der Waals surface area contributed by atoms with Gasteiger partial charge in [0.05, 0.1) is 12.6 Å². The lowest BCUT2D eigenvalue weighted by atomic mass is 10.2. The first-order valence-corrected chi connectivity index (χ1v) is 7.20. The molecule has 2 rings (SSSR count). The molecule has 1 atom stereocenters. The molecule has 23 heavy (non-hydrogen) atoms. The number of carbonyl (C=O) groups excluding carboxylic acids is 1. The maximum absolute atomic E-state index is 12.7. The van der Waals surface area contributed by atoms with E-state index < -0.39 is 28.9 Å². The first-order valence-electron chi connectivity index (χ1n) is 7.20. The van der Waals surface area contributed by atoms with Crippen molar-refractivity contribution >= 4 is 16.9 Å². The third kappa shape index (κ3) is 3.28. The summed E-state index contributed by atoms with van der Waals surface area (Å²) in [6.45, 7) is 6.60. The van der Waals surface area contributed by atoms with Crippen LogP contribution in [0.1, 0.15) is 33.7 Å². The van der Waals surface area contributed by atoms with Gasteiger partial charge in [-0.3, -0.25) is 4.79 Å². The highest BCUT2D eigenvalue weighted by atomic mass is 16.6. The summed E-state index contributed by atoms with van der Waals surface area (Å²) in [4.78, 5) is 39.7. The number of methoxy groups -OCH3 is 1. The first-order chi connectivity index (χ1) is 10.7. The maximum Gasteiger partial charge on any atom is 0.329 e. The Kier molecular flexibility index (Phi) is 4.31. The molecule has 1 aromatic heterocycles. The number of aromatic amines is 1. The van der Waals surface area contributed by atoms with E-state index in [4.69, 9.17) is 9.47 Å². The fourth-order valence-electron chi connectivity index (χ4n) is 2.26. The van der Waals surface area contributed by atoms with Crippen molar-refractivity contribution in [3.05, 3.63) is 39.0 Å². The predicted molar refractivity (Wildman–Crippen MR) is 85.9 cm³/mol. The van der Waals surface area contributed by atoms with Crippen LogP contribution >= 0.6 is 0 Å². The number of hydrogen-bond donors (Lipinski definition) is 1. The zero-order chi connectivity index (χ0) is 17.4. The lowest BCUT2D eigenvalue weighted by Gasteiger charge is -2.23. The summed E-state index contributed by atoms with van der Waals surface area (Å²) in [5.41, 5.74) is -1.63. The molecule has 0 aliphatic carbocycles. The smallest absolute Gasteiger partial charge is 0.329 e. The van der Waals surface area contributed by atoms with Crippen molar-refractivity contribution in [2.75, 3.05) is 7.11 Å². The Morgan fingerprint density at radius 3 is 2.48 bits per heavy atom. The lowest BCUT2D eigenvalue weighted by molar-refractivity contribution is -0.158. The molecule has 0 amide bonds. The molecule has 0 saturated heterocycles. The monoisotopic (exact) mass is 320 g/mol. The number of ether oxygens (including phenoxy) is 2. The number of rotatable bonds is 3. The molecule has 1 N–H and O–H groups in total. The summed E-state index contributed by atoms with van der Waals surface area (Å²) in [5, 5.41) is 0.213. The zero-order valence-electron chi connectivity index (χ0n) is 13.8. The molecular weight excluding hydrogens is 300 g/mol. The SMILES string of the molecule is COc1cccc2[nH]c(=O)n(C(C)C(=O)OC(C)(C)C)c(=O)c12. The lowest BCUT2D eigenvalue weighted by Crippen LogP contribution is -2.41. The van der Waals surface area contributed by atoms with Gasteiger partial charge in [-0.15, -0.1) is 0 Å². The molecule has 0 aliphatic rings. The molecule has 0 radical (unpaired) electrons. The predicted octanol–water partition coefficient (Wildman–Crippen LogP) is 1.60. The Balaban J connectivity index is 2.64. The van der Waals surface area contributed by atoms with Crippen molar-refractivity contribution in [3.8, 4) is 5.75 Å². The van der Waals surface area contributed by atoms with Crippen LogP contribution in [0.5, 0.6) is 5.75 Å².